The van der Waals surface area contributed by atoms with Gasteiger partial charge in [-0.2, -0.15) is 0 Å². The SMILES string of the molecule is Cc1c(C(=O)N[C@H](C(=O)NC(CC(=O)O)C(O)CF)C(C)C)[nH]c2ccccc12. The third-order valence-corrected chi connectivity index (χ3v) is 4.77. The number of H-pyrrole nitrogens is 1. The number of carbonyl (C=O) groups is 3. The Morgan fingerprint density at radius 1 is 1.17 bits per heavy atom. The highest BCUT2D eigenvalue weighted by Gasteiger charge is 2.31. The van der Waals surface area contributed by atoms with E-state index in [1.165, 1.54) is 0 Å². The minimum Gasteiger partial charge on any atom is -0.481 e. The molecule has 1 heterocycles. The summed E-state index contributed by atoms with van der Waals surface area (Å²) in [7, 11) is 0. The van der Waals surface area contributed by atoms with Gasteiger partial charge >= 0.3 is 5.97 Å². The molecular weight excluding hydrogens is 381 g/mol. The van der Waals surface area contributed by atoms with Gasteiger partial charge in [0.1, 0.15) is 24.5 Å². The Hall–Kier alpha value is -2.94. The van der Waals surface area contributed by atoms with E-state index in [-0.39, 0.29) is 5.92 Å². The molecule has 2 rings (SSSR count). The molecule has 1 aromatic carbocycles. The van der Waals surface area contributed by atoms with Crippen LogP contribution in [0.1, 0.15) is 36.3 Å². The van der Waals surface area contributed by atoms with Gasteiger partial charge in [0.25, 0.3) is 5.91 Å². The Labute approximate surface area is 167 Å². The van der Waals surface area contributed by atoms with Crippen LogP contribution in [0.5, 0.6) is 0 Å². The first-order valence-electron chi connectivity index (χ1n) is 9.30. The maximum Gasteiger partial charge on any atom is 0.305 e. The summed E-state index contributed by atoms with van der Waals surface area (Å²) in [4.78, 5) is 39.4. The summed E-state index contributed by atoms with van der Waals surface area (Å²) in [5, 5.41) is 24.5. The zero-order valence-electron chi connectivity index (χ0n) is 16.5. The van der Waals surface area contributed by atoms with Crippen LogP contribution in [0.15, 0.2) is 24.3 Å². The summed E-state index contributed by atoms with van der Waals surface area (Å²) >= 11 is 0. The number of carbonyl (C=O) groups excluding carboxylic acids is 2. The summed E-state index contributed by atoms with van der Waals surface area (Å²) in [6.45, 7) is 4.00. The Morgan fingerprint density at radius 3 is 2.38 bits per heavy atom. The Kier molecular flexibility index (Phi) is 7.33. The van der Waals surface area contributed by atoms with Crippen molar-refractivity contribution >= 4 is 28.7 Å². The number of aromatic amines is 1. The quantitative estimate of drug-likeness (QED) is 0.430. The maximum atomic E-state index is 12.8. The van der Waals surface area contributed by atoms with Crippen LogP contribution in [0, 0.1) is 12.8 Å². The highest BCUT2D eigenvalue weighted by molar-refractivity contribution is 6.02. The van der Waals surface area contributed by atoms with Gasteiger partial charge in [-0.3, -0.25) is 14.4 Å². The van der Waals surface area contributed by atoms with Crippen molar-refractivity contribution in [2.75, 3.05) is 6.67 Å². The molecule has 1 aromatic heterocycles. The second kappa shape index (κ2) is 9.51. The molecule has 29 heavy (non-hydrogen) atoms. The van der Waals surface area contributed by atoms with Crippen molar-refractivity contribution in [2.45, 2.75) is 45.4 Å². The fourth-order valence-corrected chi connectivity index (χ4v) is 3.11. The minimum absolute atomic E-state index is 0.315. The Morgan fingerprint density at radius 2 is 1.83 bits per heavy atom. The molecule has 8 nitrogen and oxygen atoms in total. The second-order valence-electron chi connectivity index (χ2n) is 7.30. The van der Waals surface area contributed by atoms with E-state index in [1.54, 1.807) is 20.8 Å². The molecule has 2 aromatic rings. The van der Waals surface area contributed by atoms with Crippen LogP contribution >= 0.6 is 0 Å². The molecule has 0 saturated heterocycles. The number of hydrogen-bond donors (Lipinski definition) is 5. The fourth-order valence-electron chi connectivity index (χ4n) is 3.11. The number of fused-ring (bicyclic) bond motifs is 1. The van der Waals surface area contributed by atoms with Gasteiger partial charge in [0, 0.05) is 10.9 Å². The summed E-state index contributed by atoms with van der Waals surface area (Å²) in [6.07, 6.45) is -2.30. The van der Waals surface area contributed by atoms with E-state index in [4.69, 9.17) is 5.11 Å². The normalized spacial score (nSPS) is 14.4. The lowest BCUT2D eigenvalue weighted by Gasteiger charge is -2.26. The van der Waals surface area contributed by atoms with E-state index < -0.39 is 49.1 Å². The molecule has 9 heteroatoms. The number of hydrogen-bond acceptors (Lipinski definition) is 4. The third-order valence-electron chi connectivity index (χ3n) is 4.77. The largest absolute Gasteiger partial charge is 0.481 e. The molecule has 158 valence electrons. The standard InChI is InChI=1S/C20H26FN3O5/c1-10(2)17(19(28)23-14(8-16(26)27)15(25)9-21)24-20(29)18-11(3)12-6-4-5-7-13(12)22-18/h4-7,10,14-15,17,22,25H,8-9H2,1-3H3,(H,23,28)(H,24,29)(H,26,27)/t14?,15?,17-/m0/s1. The molecule has 5 N–H and O–H groups in total. The second-order valence-corrected chi connectivity index (χ2v) is 7.30. The predicted molar refractivity (Wildman–Crippen MR) is 105 cm³/mol. The van der Waals surface area contributed by atoms with E-state index in [2.05, 4.69) is 15.6 Å². The molecule has 2 unspecified atom stereocenters. The topological polar surface area (TPSA) is 132 Å². The number of carboxylic acid groups (broad SMARTS) is 1. The highest BCUT2D eigenvalue weighted by atomic mass is 19.1. The van der Waals surface area contributed by atoms with Crippen LogP contribution in [-0.4, -0.2) is 57.8 Å². The van der Waals surface area contributed by atoms with Crippen LogP contribution in [0.4, 0.5) is 4.39 Å². The average molecular weight is 407 g/mol. The molecule has 3 atom stereocenters. The first kappa shape index (κ1) is 22.4. The number of amides is 2. The lowest BCUT2D eigenvalue weighted by Crippen LogP contribution is -2.55. The number of alkyl halides is 1. The molecule has 0 bridgehead atoms. The average Bonchev–Trinajstić information content (AvgIpc) is 3.01. The zero-order chi connectivity index (χ0) is 21.7. The lowest BCUT2D eigenvalue weighted by molar-refractivity contribution is -0.139. The van der Waals surface area contributed by atoms with Crippen molar-refractivity contribution in [3.63, 3.8) is 0 Å². The first-order valence-corrected chi connectivity index (χ1v) is 9.30. The number of carboxylic acids is 1. The number of aliphatic carboxylic acids is 1. The molecular formula is C20H26FN3O5. The molecule has 2 amide bonds. The highest BCUT2D eigenvalue weighted by Crippen LogP contribution is 2.21. The number of aromatic nitrogens is 1. The number of benzene rings is 1. The number of nitrogens with one attached hydrogen (secondary N) is 3. The van der Waals surface area contributed by atoms with Crippen LogP contribution in [-0.2, 0) is 9.59 Å². The summed E-state index contributed by atoms with van der Waals surface area (Å²) < 4.78 is 12.8. The Bertz CT molecular complexity index is 895. The predicted octanol–water partition coefficient (Wildman–Crippen LogP) is 1.52. The van der Waals surface area contributed by atoms with Gasteiger partial charge in [-0.15, -0.1) is 0 Å². The smallest absolute Gasteiger partial charge is 0.305 e. The zero-order valence-corrected chi connectivity index (χ0v) is 16.5. The monoisotopic (exact) mass is 407 g/mol. The first-order chi connectivity index (χ1) is 13.6. The van der Waals surface area contributed by atoms with Crippen molar-refractivity contribution in [1.29, 1.82) is 0 Å². The summed E-state index contributed by atoms with van der Waals surface area (Å²) in [5.41, 5.74) is 1.83. The van der Waals surface area contributed by atoms with Crippen molar-refractivity contribution < 1.29 is 29.0 Å². The summed E-state index contributed by atoms with van der Waals surface area (Å²) in [5.74, 6) is -2.81. The fraction of sp³-hybridized carbons (Fsp3) is 0.450. The molecule has 0 aliphatic carbocycles. The van der Waals surface area contributed by atoms with E-state index in [1.807, 2.05) is 24.3 Å². The van der Waals surface area contributed by atoms with Crippen LogP contribution in [0.3, 0.4) is 0 Å². The van der Waals surface area contributed by atoms with E-state index >= 15 is 0 Å². The molecule has 0 saturated carbocycles. The van der Waals surface area contributed by atoms with Crippen LogP contribution in [0.2, 0.25) is 0 Å². The minimum atomic E-state index is -1.66. The van der Waals surface area contributed by atoms with E-state index in [0.717, 1.165) is 16.5 Å². The molecule has 0 fully saturated rings. The number of aryl methyl sites for hydroxylation is 1. The number of para-hydroxylation sites is 1. The van der Waals surface area contributed by atoms with E-state index in [9.17, 15) is 23.9 Å². The van der Waals surface area contributed by atoms with Crippen LogP contribution in [0.25, 0.3) is 10.9 Å². The van der Waals surface area contributed by atoms with Gasteiger partial charge in [0.05, 0.1) is 12.5 Å². The van der Waals surface area contributed by atoms with Gasteiger partial charge in [0.15, 0.2) is 0 Å². The molecule has 0 radical (unpaired) electrons. The van der Waals surface area contributed by atoms with Gasteiger partial charge in [0.2, 0.25) is 5.91 Å². The van der Waals surface area contributed by atoms with Crippen molar-refractivity contribution in [3.05, 3.63) is 35.5 Å². The number of rotatable bonds is 9. The third kappa shape index (κ3) is 5.32. The molecule has 0 spiro atoms. The van der Waals surface area contributed by atoms with Crippen molar-refractivity contribution in [1.82, 2.24) is 15.6 Å². The van der Waals surface area contributed by atoms with Gasteiger partial charge in [-0.1, -0.05) is 32.0 Å². The number of aliphatic hydroxyl groups excluding tert-OH is 1. The number of aliphatic hydroxyl groups is 1. The molecule has 0 aliphatic heterocycles. The lowest BCUT2D eigenvalue weighted by atomic mass is 10.0. The molecule has 0 aliphatic rings. The van der Waals surface area contributed by atoms with E-state index in [0.29, 0.717) is 5.69 Å². The maximum absolute atomic E-state index is 12.8. The van der Waals surface area contributed by atoms with Gasteiger partial charge in [-0.25, -0.2) is 4.39 Å². The van der Waals surface area contributed by atoms with Crippen molar-refractivity contribution in [3.8, 4) is 0 Å². The number of halogens is 1. The Balaban J connectivity index is 2.19. The van der Waals surface area contributed by atoms with Gasteiger partial charge < -0.3 is 25.8 Å². The van der Waals surface area contributed by atoms with Crippen LogP contribution < -0.4 is 10.6 Å². The summed E-state index contributed by atoms with van der Waals surface area (Å²) in [6, 6.07) is 5.09. The van der Waals surface area contributed by atoms with Gasteiger partial charge in [-0.05, 0) is 24.5 Å². The van der Waals surface area contributed by atoms with Crippen molar-refractivity contribution in [2.24, 2.45) is 5.92 Å².